The molecule has 0 aliphatic carbocycles. The normalized spacial score (nSPS) is 11.8. The van der Waals surface area contributed by atoms with Gasteiger partial charge in [0.05, 0.1) is 11.2 Å². The van der Waals surface area contributed by atoms with Gasteiger partial charge < -0.3 is 5.32 Å². The first-order valence-corrected chi connectivity index (χ1v) is 7.19. The van der Waals surface area contributed by atoms with Crippen molar-refractivity contribution in [2.45, 2.75) is 32.7 Å². The zero-order valence-corrected chi connectivity index (χ0v) is 12.3. The Bertz CT molecular complexity index is 512. The largest absolute Gasteiger partial charge is 0.309 e. The van der Waals surface area contributed by atoms with Crippen molar-refractivity contribution in [3.8, 4) is 11.3 Å². The Morgan fingerprint density at radius 3 is 2.44 bits per heavy atom. The molecule has 96 valence electrons. The third kappa shape index (κ3) is 2.62. The molecule has 0 spiro atoms. The Kier molecular flexibility index (Phi) is 3.83. The maximum absolute atomic E-state index is 4.73. The van der Waals surface area contributed by atoms with Crippen molar-refractivity contribution in [2.24, 2.45) is 0 Å². The number of thiazole rings is 1. The van der Waals surface area contributed by atoms with Crippen molar-refractivity contribution in [1.82, 2.24) is 10.3 Å². The van der Waals surface area contributed by atoms with Crippen LogP contribution in [-0.4, -0.2) is 12.0 Å². The van der Waals surface area contributed by atoms with E-state index in [1.165, 1.54) is 11.1 Å². The van der Waals surface area contributed by atoms with Crippen molar-refractivity contribution in [1.29, 1.82) is 0 Å². The summed E-state index contributed by atoms with van der Waals surface area (Å²) < 4.78 is 0. The van der Waals surface area contributed by atoms with Gasteiger partial charge in [-0.2, -0.15) is 0 Å². The lowest BCUT2D eigenvalue weighted by Crippen LogP contribution is -2.32. The number of nitrogens with zero attached hydrogens (tertiary/aromatic N) is 1. The van der Waals surface area contributed by atoms with Crippen LogP contribution in [0, 0.1) is 0 Å². The van der Waals surface area contributed by atoms with Gasteiger partial charge in [-0.05, 0) is 32.9 Å². The SMILES string of the molecule is CCc1ccc(-c2csc(C(C)(C)NC)n2)cc1. The quantitative estimate of drug-likeness (QED) is 0.903. The lowest BCUT2D eigenvalue weighted by atomic mass is 10.1. The van der Waals surface area contributed by atoms with Crippen LogP contribution in [0.1, 0.15) is 31.3 Å². The van der Waals surface area contributed by atoms with Crippen LogP contribution in [0.4, 0.5) is 0 Å². The van der Waals surface area contributed by atoms with E-state index >= 15 is 0 Å². The van der Waals surface area contributed by atoms with Gasteiger partial charge in [0.1, 0.15) is 5.01 Å². The predicted molar refractivity (Wildman–Crippen MR) is 79.0 cm³/mol. The van der Waals surface area contributed by atoms with Crippen LogP contribution in [0.15, 0.2) is 29.6 Å². The highest BCUT2D eigenvalue weighted by molar-refractivity contribution is 7.10. The molecule has 2 aromatic rings. The molecule has 0 fully saturated rings. The molecule has 0 bridgehead atoms. The van der Waals surface area contributed by atoms with Crippen molar-refractivity contribution in [3.05, 3.63) is 40.2 Å². The van der Waals surface area contributed by atoms with E-state index in [4.69, 9.17) is 4.98 Å². The average molecular weight is 260 g/mol. The molecular weight excluding hydrogens is 240 g/mol. The molecule has 1 N–H and O–H groups in total. The molecule has 0 saturated heterocycles. The van der Waals surface area contributed by atoms with Gasteiger partial charge >= 0.3 is 0 Å². The molecule has 0 atom stereocenters. The molecule has 0 radical (unpaired) electrons. The molecule has 0 aliphatic heterocycles. The topological polar surface area (TPSA) is 24.9 Å². The van der Waals surface area contributed by atoms with E-state index < -0.39 is 0 Å². The van der Waals surface area contributed by atoms with E-state index in [0.29, 0.717) is 0 Å². The van der Waals surface area contributed by atoms with Crippen LogP contribution in [-0.2, 0) is 12.0 Å². The van der Waals surface area contributed by atoms with E-state index in [1.54, 1.807) is 11.3 Å². The maximum atomic E-state index is 4.73. The molecule has 1 aromatic heterocycles. The van der Waals surface area contributed by atoms with E-state index in [0.717, 1.165) is 17.1 Å². The van der Waals surface area contributed by atoms with Gasteiger partial charge in [-0.3, -0.25) is 0 Å². The Hall–Kier alpha value is -1.19. The van der Waals surface area contributed by atoms with Crippen LogP contribution in [0.25, 0.3) is 11.3 Å². The molecule has 0 aliphatic rings. The molecule has 2 nitrogen and oxygen atoms in total. The number of hydrogen-bond donors (Lipinski definition) is 1. The Morgan fingerprint density at radius 1 is 1.22 bits per heavy atom. The van der Waals surface area contributed by atoms with Crippen LogP contribution in [0.2, 0.25) is 0 Å². The number of nitrogens with one attached hydrogen (secondary N) is 1. The zero-order chi connectivity index (χ0) is 13.2. The van der Waals surface area contributed by atoms with Gasteiger partial charge in [0.15, 0.2) is 0 Å². The van der Waals surface area contributed by atoms with Crippen LogP contribution < -0.4 is 5.32 Å². The van der Waals surface area contributed by atoms with Crippen LogP contribution in [0.3, 0.4) is 0 Å². The smallest absolute Gasteiger partial charge is 0.113 e. The van der Waals surface area contributed by atoms with E-state index in [-0.39, 0.29) is 5.54 Å². The van der Waals surface area contributed by atoms with E-state index in [1.807, 2.05) is 7.05 Å². The Balaban J connectivity index is 2.29. The third-order valence-corrected chi connectivity index (χ3v) is 4.49. The van der Waals surface area contributed by atoms with Gasteiger partial charge in [0.2, 0.25) is 0 Å². The highest BCUT2D eigenvalue weighted by Gasteiger charge is 2.21. The molecule has 3 heteroatoms. The number of rotatable bonds is 4. The van der Waals surface area contributed by atoms with Gasteiger partial charge in [0.25, 0.3) is 0 Å². The second kappa shape index (κ2) is 5.21. The molecule has 2 rings (SSSR count). The van der Waals surface area contributed by atoms with Gasteiger partial charge in [0, 0.05) is 10.9 Å². The van der Waals surface area contributed by atoms with Crippen molar-refractivity contribution in [3.63, 3.8) is 0 Å². The average Bonchev–Trinajstić information content (AvgIpc) is 2.89. The third-order valence-electron chi connectivity index (χ3n) is 3.32. The fourth-order valence-electron chi connectivity index (χ4n) is 1.71. The fraction of sp³-hybridized carbons (Fsp3) is 0.400. The maximum Gasteiger partial charge on any atom is 0.113 e. The standard InChI is InChI=1S/C15H20N2S/c1-5-11-6-8-12(9-7-11)13-10-18-14(17-13)15(2,3)16-4/h6-10,16H,5H2,1-4H3. The molecule has 1 heterocycles. The predicted octanol–water partition coefficient (Wildman–Crippen LogP) is 3.83. The molecule has 0 unspecified atom stereocenters. The summed E-state index contributed by atoms with van der Waals surface area (Å²) in [6.07, 6.45) is 1.08. The number of benzene rings is 1. The van der Waals surface area contributed by atoms with Crippen LogP contribution in [0.5, 0.6) is 0 Å². The first-order chi connectivity index (χ1) is 8.56. The number of hydrogen-bond acceptors (Lipinski definition) is 3. The minimum atomic E-state index is -0.0632. The minimum Gasteiger partial charge on any atom is -0.309 e. The van der Waals surface area contributed by atoms with Crippen molar-refractivity contribution >= 4 is 11.3 Å². The lowest BCUT2D eigenvalue weighted by molar-refractivity contribution is 0.442. The van der Waals surface area contributed by atoms with E-state index in [9.17, 15) is 0 Å². The second-order valence-corrected chi connectivity index (χ2v) is 5.82. The van der Waals surface area contributed by atoms with Crippen LogP contribution >= 0.6 is 11.3 Å². The number of aromatic nitrogens is 1. The van der Waals surface area contributed by atoms with E-state index in [2.05, 4.69) is 55.7 Å². The molecule has 18 heavy (non-hydrogen) atoms. The fourth-order valence-corrected chi connectivity index (χ4v) is 2.67. The summed E-state index contributed by atoms with van der Waals surface area (Å²) in [5.41, 5.74) is 3.57. The van der Waals surface area contributed by atoms with Gasteiger partial charge in [-0.25, -0.2) is 4.98 Å². The zero-order valence-electron chi connectivity index (χ0n) is 11.4. The monoisotopic (exact) mass is 260 g/mol. The summed E-state index contributed by atoms with van der Waals surface area (Å²) in [6.45, 7) is 6.47. The molecule has 1 aromatic carbocycles. The van der Waals surface area contributed by atoms with Crippen molar-refractivity contribution < 1.29 is 0 Å². The summed E-state index contributed by atoms with van der Waals surface area (Å²) in [7, 11) is 1.97. The van der Waals surface area contributed by atoms with Crippen molar-refractivity contribution in [2.75, 3.05) is 7.05 Å². The minimum absolute atomic E-state index is 0.0632. The molecule has 0 amide bonds. The summed E-state index contributed by atoms with van der Waals surface area (Å²) in [6, 6.07) is 8.67. The summed E-state index contributed by atoms with van der Waals surface area (Å²) in [5.74, 6) is 0. The number of aryl methyl sites for hydroxylation is 1. The second-order valence-electron chi connectivity index (χ2n) is 4.96. The highest BCUT2D eigenvalue weighted by Crippen LogP contribution is 2.28. The van der Waals surface area contributed by atoms with Gasteiger partial charge in [-0.15, -0.1) is 11.3 Å². The molecular formula is C15H20N2S. The summed E-state index contributed by atoms with van der Waals surface area (Å²) >= 11 is 1.71. The Morgan fingerprint density at radius 2 is 1.89 bits per heavy atom. The van der Waals surface area contributed by atoms with Gasteiger partial charge in [-0.1, -0.05) is 31.2 Å². The first-order valence-electron chi connectivity index (χ1n) is 6.31. The lowest BCUT2D eigenvalue weighted by Gasteiger charge is -2.20. The summed E-state index contributed by atoms with van der Waals surface area (Å²) in [4.78, 5) is 4.73. The molecule has 0 saturated carbocycles. The Labute approximate surface area is 113 Å². The highest BCUT2D eigenvalue weighted by atomic mass is 32.1. The first kappa shape index (κ1) is 13.2. The summed E-state index contributed by atoms with van der Waals surface area (Å²) in [5, 5.41) is 6.55.